The van der Waals surface area contributed by atoms with E-state index in [1.807, 2.05) is 48.5 Å². The number of benzene rings is 2. The van der Waals surface area contributed by atoms with E-state index in [-0.39, 0.29) is 10.6 Å². The summed E-state index contributed by atoms with van der Waals surface area (Å²) in [7, 11) is 0. The van der Waals surface area contributed by atoms with Crippen molar-refractivity contribution in [3.63, 3.8) is 0 Å². The standard InChI is InChI=1S/C17H12I2N2OS/c18-14-7-12(6-13(9-20)17(21)23)16(15(19)8-14)22-10-11-4-2-1-3-5-11/h1-8H,10H2,(H2,21,23)/b13-6+. The smallest absolute Gasteiger partial charge is 0.140 e. The Hall–Kier alpha value is -1.18. The molecule has 0 saturated carbocycles. The van der Waals surface area contributed by atoms with Crippen molar-refractivity contribution in [1.29, 1.82) is 5.26 Å². The maximum absolute atomic E-state index is 9.16. The minimum atomic E-state index is 0.0791. The Balaban J connectivity index is 2.38. The molecular weight excluding hydrogens is 534 g/mol. The number of halogens is 2. The van der Waals surface area contributed by atoms with Crippen molar-refractivity contribution in [3.8, 4) is 11.8 Å². The van der Waals surface area contributed by atoms with Gasteiger partial charge in [0.1, 0.15) is 23.4 Å². The van der Waals surface area contributed by atoms with E-state index in [0.29, 0.717) is 6.61 Å². The second-order valence-corrected chi connectivity index (χ2v) is 7.46. The van der Waals surface area contributed by atoms with Crippen molar-refractivity contribution in [3.05, 3.63) is 66.3 Å². The molecule has 0 radical (unpaired) electrons. The molecule has 0 fully saturated rings. The van der Waals surface area contributed by atoms with Crippen LogP contribution in [0, 0.1) is 18.5 Å². The molecule has 0 unspecified atom stereocenters. The van der Waals surface area contributed by atoms with Gasteiger partial charge in [0.25, 0.3) is 0 Å². The van der Waals surface area contributed by atoms with E-state index in [0.717, 1.165) is 24.0 Å². The summed E-state index contributed by atoms with van der Waals surface area (Å²) in [5, 5.41) is 9.16. The minimum Gasteiger partial charge on any atom is -0.487 e. The molecule has 0 spiro atoms. The second-order valence-electron chi connectivity index (χ2n) is 4.61. The van der Waals surface area contributed by atoms with Gasteiger partial charge >= 0.3 is 0 Å². The van der Waals surface area contributed by atoms with Crippen LogP contribution in [-0.2, 0) is 6.61 Å². The van der Waals surface area contributed by atoms with Crippen molar-refractivity contribution in [2.45, 2.75) is 6.61 Å². The minimum absolute atomic E-state index is 0.0791. The number of rotatable bonds is 5. The van der Waals surface area contributed by atoms with Crippen molar-refractivity contribution in [2.75, 3.05) is 0 Å². The topological polar surface area (TPSA) is 59.0 Å². The number of thiocarbonyl (C=S) groups is 1. The van der Waals surface area contributed by atoms with E-state index < -0.39 is 0 Å². The van der Waals surface area contributed by atoms with Gasteiger partial charge in [-0.05, 0) is 69.0 Å². The Morgan fingerprint density at radius 3 is 2.57 bits per heavy atom. The van der Waals surface area contributed by atoms with Gasteiger partial charge in [-0.25, -0.2) is 0 Å². The van der Waals surface area contributed by atoms with Crippen LogP contribution in [0.2, 0.25) is 0 Å². The molecule has 23 heavy (non-hydrogen) atoms. The molecule has 2 rings (SSSR count). The van der Waals surface area contributed by atoms with Crippen LogP contribution in [-0.4, -0.2) is 4.99 Å². The molecule has 0 aliphatic heterocycles. The molecule has 0 aromatic heterocycles. The first-order valence-corrected chi connectivity index (χ1v) is 9.15. The zero-order valence-corrected chi connectivity index (χ0v) is 17.1. The SMILES string of the molecule is N#C/C(=C\c1cc(I)cc(I)c1OCc1ccccc1)C(N)=S. The molecule has 0 bridgehead atoms. The van der Waals surface area contributed by atoms with Gasteiger partial charge in [0, 0.05) is 9.13 Å². The molecule has 2 aromatic carbocycles. The van der Waals surface area contributed by atoms with Gasteiger partial charge in [0.15, 0.2) is 0 Å². The highest BCUT2D eigenvalue weighted by molar-refractivity contribution is 14.1. The van der Waals surface area contributed by atoms with E-state index >= 15 is 0 Å². The molecule has 2 N–H and O–H groups in total. The normalized spacial score (nSPS) is 10.9. The number of hydrogen-bond donors (Lipinski definition) is 1. The fourth-order valence-corrected chi connectivity index (χ4v) is 4.03. The lowest BCUT2D eigenvalue weighted by Crippen LogP contribution is -2.10. The highest BCUT2D eigenvalue weighted by Crippen LogP contribution is 2.31. The van der Waals surface area contributed by atoms with Crippen LogP contribution in [0.4, 0.5) is 0 Å². The summed E-state index contributed by atoms with van der Waals surface area (Å²) >= 11 is 9.36. The van der Waals surface area contributed by atoms with Gasteiger partial charge in [0.05, 0.1) is 9.14 Å². The van der Waals surface area contributed by atoms with Gasteiger partial charge in [-0.2, -0.15) is 5.26 Å². The van der Waals surface area contributed by atoms with Gasteiger partial charge in [0.2, 0.25) is 0 Å². The van der Waals surface area contributed by atoms with E-state index in [1.165, 1.54) is 0 Å². The zero-order valence-electron chi connectivity index (χ0n) is 11.9. The number of nitrogens with two attached hydrogens (primary N) is 1. The average molecular weight is 546 g/mol. The maximum Gasteiger partial charge on any atom is 0.140 e. The third kappa shape index (κ3) is 5.16. The fourth-order valence-electron chi connectivity index (χ4n) is 1.88. The maximum atomic E-state index is 9.16. The molecule has 0 amide bonds. The van der Waals surface area contributed by atoms with Crippen LogP contribution in [0.3, 0.4) is 0 Å². The summed E-state index contributed by atoms with van der Waals surface area (Å²) in [6.07, 6.45) is 1.67. The molecule has 0 aliphatic rings. The summed E-state index contributed by atoms with van der Waals surface area (Å²) in [6, 6.07) is 15.9. The lowest BCUT2D eigenvalue weighted by atomic mass is 10.1. The number of hydrogen-bond acceptors (Lipinski definition) is 3. The van der Waals surface area contributed by atoms with E-state index in [1.54, 1.807) is 6.08 Å². The van der Waals surface area contributed by atoms with Crippen molar-refractivity contribution in [2.24, 2.45) is 5.73 Å². The molecule has 116 valence electrons. The van der Waals surface area contributed by atoms with Crippen molar-refractivity contribution >= 4 is 68.5 Å². The van der Waals surface area contributed by atoms with Gasteiger partial charge in [-0.15, -0.1) is 0 Å². The third-order valence-corrected chi connectivity index (χ3v) is 4.59. The molecule has 0 saturated heterocycles. The summed E-state index contributed by atoms with van der Waals surface area (Å²) < 4.78 is 8.00. The Labute approximate surface area is 167 Å². The van der Waals surface area contributed by atoms with Crippen LogP contribution in [0.15, 0.2) is 48.0 Å². The Bertz CT molecular complexity index is 798. The second kappa shape index (κ2) is 8.61. The summed E-state index contributed by atoms with van der Waals surface area (Å²) in [6.45, 7) is 0.452. The van der Waals surface area contributed by atoms with Gasteiger partial charge in [-0.3, -0.25) is 0 Å². The monoisotopic (exact) mass is 546 g/mol. The van der Waals surface area contributed by atoms with Crippen molar-refractivity contribution in [1.82, 2.24) is 0 Å². The van der Waals surface area contributed by atoms with Crippen LogP contribution < -0.4 is 10.5 Å². The predicted octanol–water partition coefficient (Wildman–Crippen LogP) is 4.67. The summed E-state index contributed by atoms with van der Waals surface area (Å²) in [4.78, 5) is 0.0791. The van der Waals surface area contributed by atoms with Gasteiger partial charge < -0.3 is 10.5 Å². The first kappa shape index (κ1) is 18.2. The molecule has 0 atom stereocenters. The number of nitriles is 1. The fraction of sp³-hybridized carbons (Fsp3) is 0.0588. The summed E-state index contributed by atoms with van der Waals surface area (Å²) in [5.74, 6) is 0.721. The average Bonchev–Trinajstić information content (AvgIpc) is 2.52. The van der Waals surface area contributed by atoms with Crippen LogP contribution in [0.25, 0.3) is 6.08 Å². The Morgan fingerprint density at radius 2 is 1.96 bits per heavy atom. The number of nitrogens with zero attached hydrogens (tertiary/aromatic N) is 1. The highest BCUT2D eigenvalue weighted by Gasteiger charge is 2.11. The molecule has 6 heteroatoms. The predicted molar refractivity (Wildman–Crippen MR) is 113 cm³/mol. The van der Waals surface area contributed by atoms with E-state index in [9.17, 15) is 0 Å². The third-order valence-electron chi connectivity index (χ3n) is 2.95. The Morgan fingerprint density at radius 1 is 1.26 bits per heavy atom. The highest BCUT2D eigenvalue weighted by atomic mass is 127. The zero-order chi connectivity index (χ0) is 16.8. The molecule has 0 aliphatic carbocycles. The molecule has 0 heterocycles. The largest absolute Gasteiger partial charge is 0.487 e. The lowest BCUT2D eigenvalue weighted by molar-refractivity contribution is 0.303. The van der Waals surface area contributed by atoms with Gasteiger partial charge in [-0.1, -0.05) is 42.5 Å². The van der Waals surface area contributed by atoms with Crippen LogP contribution in [0.1, 0.15) is 11.1 Å². The summed E-state index contributed by atoms with van der Waals surface area (Å²) in [5.41, 5.74) is 7.72. The van der Waals surface area contributed by atoms with Crippen LogP contribution >= 0.6 is 57.4 Å². The van der Waals surface area contributed by atoms with Crippen molar-refractivity contribution < 1.29 is 4.74 Å². The molecular formula is C17H12I2N2OS. The number of ether oxygens (including phenoxy) is 1. The quantitative estimate of drug-likeness (QED) is 0.257. The molecule has 2 aromatic rings. The van der Waals surface area contributed by atoms with Crippen LogP contribution in [0.5, 0.6) is 5.75 Å². The van der Waals surface area contributed by atoms with E-state index in [4.69, 9.17) is 28.0 Å². The Kier molecular flexibility index (Phi) is 6.80. The lowest BCUT2D eigenvalue weighted by Gasteiger charge is -2.13. The molecule has 3 nitrogen and oxygen atoms in total. The first-order chi connectivity index (χ1) is 11.0. The first-order valence-electron chi connectivity index (χ1n) is 6.58. The van der Waals surface area contributed by atoms with E-state index in [2.05, 4.69) is 45.2 Å².